The van der Waals surface area contributed by atoms with Gasteiger partial charge in [-0.05, 0) is 24.3 Å². The highest BCUT2D eigenvalue weighted by atomic mass is 16.6. The SMILES string of the molecule is Nc1ccc([N+](=O)[O-])cc1.O=c1ccc2ccccc2o1. The number of rotatable bonds is 1. The zero-order valence-electron chi connectivity index (χ0n) is 10.9. The fourth-order valence-electron chi connectivity index (χ4n) is 1.61. The van der Waals surface area contributed by atoms with Gasteiger partial charge in [-0.3, -0.25) is 10.1 Å². The van der Waals surface area contributed by atoms with Crippen molar-refractivity contribution >= 4 is 22.3 Å². The summed E-state index contributed by atoms with van der Waals surface area (Å²) in [7, 11) is 0. The lowest BCUT2D eigenvalue weighted by molar-refractivity contribution is -0.384. The molecule has 0 unspecified atom stereocenters. The van der Waals surface area contributed by atoms with Crippen molar-refractivity contribution in [2.75, 3.05) is 5.73 Å². The fourth-order valence-corrected chi connectivity index (χ4v) is 1.61. The van der Waals surface area contributed by atoms with Gasteiger partial charge in [0.05, 0.1) is 4.92 Å². The fraction of sp³-hybridized carbons (Fsp3) is 0. The van der Waals surface area contributed by atoms with Gasteiger partial charge < -0.3 is 10.2 Å². The third-order valence-electron chi connectivity index (χ3n) is 2.63. The number of nitrogens with two attached hydrogens (primary N) is 1. The molecular weight excluding hydrogens is 272 g/mol. The largest absolute Gasteiger partial charge is 0.423 e. The third kappa shape index (κ3) is 3.90. The van der Waals surface area contributed by atoms with Gasteiger partial charge in [-0.2, -0.15) is 0 Å². The summed E-state index contributed by atoms with van der Waals surface area (Å²) in [5.74, 6) is 0. The number of hydrogen-bond donors (Lipinski definition) is 1. The first-order chi connectivity index (χ1) is 10.1. The number of fused-ring (bicyclic) bond motifs is 1. The molecule has 1 aromatic heterocycles. The molecule has 106 valence electrons. The lowest BCUT2D eigenvalue weighted by atomic mass is 10.2. The Labute approximate surface area is 119 Å². The molecule has 21 heavy (non-hydrogen) atoms. The zero-order chi connectivity index (χ0) is 15.2. The van der Waals surface area contributed by atoms with Crippen LogP contribution in [0.1, 0.15) is 0 Å². The van der Waals surface area contributed by atoms with Crippen LogP contribution in [-0.4, -0.2) is 4.92 Å². The van der Waals surface area contributed by atoms with Crippen LogP contribution in [0, 0.1) is 10.1 Å². The Morgan fingerprint density at radius 1 is 0.952 bits per heavy atom. The molecule has 3 aromatic rings. The maximum atomic E-state index is 10.7. The first-order valence-corrected chi connectivity index (χ1v) is 6.05. The lowest BCUT2D eigenvalue weighted by Gasteiger charge is -1.91. The van der Waals surface area contributed by atoms with Crippen LogP contribution in [0.2, 0.25) is 0 Å². The van der Waals surface area contributed by atoms with Crippen molar-refractivity contribution in [1.29, 1.82) is 0 Å². The smallest absolute Gasteiger partial charge is 0.336 e. The highest BCUT2D eigenvalue weighted by Crippen LogP contribution is 2.12. The molecule has 0 radical (unpaired) electrons. The number of nitro groups is 1. The Kier molecular flexibility index (Phi) is 4.30. The minimum absolute atomic E-state index is 0.0641. The molecule has 0 spiro atoms. The van der Waals surface area contributed by atoms with E-state index in [0.717, 1.165) is 5.39 Å². The van der Waals surface area contributed by atoms with Crippen LogP contribution in [0.15, 0.2) is 69.9 Å². The standard InChI is InChI=1S/C9H6O2.C6H6N2O2/c10-9-6-5-7-3-1-2-4-8(7)11-9;7-5-1-3-6(4-2-5)8(9)10/h1-6H;1-4H,7H2. The van der Waals surface area contributed by atoms with Gasteiger partial charge in [0.25, 0.3) is 5.69 Å². The van der Waals surface area contributed by atoms with Gasteiger partial charge in [0.1, 0.15) is 5.58 Å². The molecular formula is C15H12N2O4. The third-order valence-corrected chi connectivity index (χ3v) is 2.63. The molecule has 0 saturated carbocycles. The van der Waals surface area contributed by atoms with E-state index in [1.807, 2.05) is 18.2 Å². The molecule has 0 bridgehead atoms. The summed E-state index contributed by atoms with van der Waals surface area (Å²) in [6.45, 7) is 0. The lowest BCUT2D eigenvalue weighted by Crippen LogP contribution is -1.93. The highest BCUT2D eigenvalue weighted by molar-refractivity contribution is 5.75. The zero-order valence-corrected chi connectivity index (χ0v) is 10.9. The Balaban J connectivity index is 0.000000155. The molecule has 1 heterocycles. The number of anilines is 1. The molecule has 0 aliphatic rings. The van der Waals surface area contributed by atoms with E-state index in [-0.39, 0.29) is 11.3 Å². The molecule has 0 saturated heterocycles. The second-order valence-electron chi connectivity index (χ2n) is 4.14. The minimum Gasteiger partial charge on any atom is -0.423 e. The first kappa shape index (κ1) is 14.3. The van der Waals surface area contributed by atoms with Crippen LogP contribution in [0.25, 0.3) is 11.0 Å². The summed E-state index contributed by atoms with van der Waals surface area (Å²) < 4.78 is 4.91. The summed E-state index contributed by atoms with van der Waals surface area (Å²) in [6.07, 6.45) is 0. The number of nitrogen functional groups attached to an aromatic ring is 1. The molecule has 0 amide bonds. The van der Waals surface area contributed by atoms with E-state index >= 15 is 0 Å². The Hall–Kier alpha value is -3.15. The first-order valence-electron chi connectivity index (χ1n) is 6.05. The second kappa shape index (κ2) is 6.33. The van der Waals surface area contributed by atoms with Gasteiger partial charge >= 0.3 is 5.63 Å². The summed E-state index contributed by atoms with van der Waals surface area (Å²) in [4.78, 5) is 20.3. The monoisotopic (exact) mass is 284 g/mol. The van der Waals surface area contributed by atoms with E-state index in [4.69, 9.17) is 10.2 Å². The van der Waals surface area contributed by atoms with E-state index < -0.39 is 4.92 Å². The number of para-hydroxylation sites is 1. The molecule has 2 aromatic carbocycles. The van der Waals surface area contributed by atoms with Gasteiger partial charge in [-0.1, -0.05) is 18.2 Å². The van der Waals surface area contributed by atoms with Crippen molar-refractivity contribution in [3.63, 3.8) is 0 Å². The van der Waals surface area contributed by atoms with Crippen molar-refractivity contribution in [3.05, 3.63) is 81.2 Å². The highest BCUT2D eigenvalue weighted by Gasteiger charge is 2.01. The Morgan fingerprint density at radius 3 is 2.29 bits per heavy atom. The average molecular weight is 284 g/mol. The van der Waals surface area contributed by atoms with Gasteiger partial charge in [0.2, 0.25) is 0 Å². The molecule has 0 fully saturated rings. The van der Waals surface area contributed by atoms with Crippen LogP contribution in [0.5, 0.6) is 0 Å². The Bertz CT molecular complexity index is 810. The molecule has 6 nitrogen and oxygen atoms in total. The molecule has 0 aliphatic heterocycles. The van der Waals surface area contributed by atoms with Crippen molar-refractivity contribution in [2.24, 2.45) is 0 Å². The summed E-state index contributed by atoms with van der Waals surface area (Å²) >= 11 is 0. The predicted octanol–water partition coefficient (Wildman–Crippen LogP) is 2.97. The number of nitrogens with zero attached hydrogens (tertiary/aromatic N) is 1. The van der Waals surface area contributed by atoms with Crippen LogP contribution in [0.3, 0.4) is 0 Å². The molecule has 2 N–H and O–H groups in total. The Morgan fingerprint density at radius 2 is 1.62 bits per heavy atom. The van der Waals surface area contributed by atoms with Gasteiger partial charge in [0, 0.05) is 29.3 Å². The van der Waals surface area contributed by atoms with Crippen LogP contribution < -0.4 is 11.4 Å². The van der Waals surface area contributed by atoms with Crippen molar-refractivity contribution < 1.29 is 9.34 Å². The van der Waals surface area contributed by atoms with Gasteiger partial charge in [0.15, 0.2) is 0 Å². The van der Waals surface area contributed by atoms with Crippen LogP contribution >= 0.6 is 0 Å². The topological polar surface area (TPSA) is 99.4 Å². The number of hydrogen-bond acceptors (Lipinski definition) is 5. The van der Waals surface area contributed by atoms with E-state index in [1.54, 1.807) is 12.1 Å². The van der Waals surface area contributed by atoms with Crippen molar-refractivity contribution in [2.45, 2.75) is 0 Å². The summed E-state index contributed by atoms with van der Waals surface area (Å²) in [5, 5.41) is 11.0. The quantitative estimate of drug-likeness (QED) is 0.320. The maximum Gasteiger partial charge on any atom is 0.336 e. The molecule has 6 heteroatoms. The van der Waals surface area contributed by atoms with E-state index in [2.05, 4.69) is 0 Å². The van der Waals surface area contributed by atoms with Gasteiger partial charge in [-0.15, -0.1) is 0 Å². The van der Waals surface area contributed by atoms with E-state index in [1.165, 1.54) is 30.3 Å². The van der Waals surface area contributed by atoms with Crippen molar-refractivity contribution in [3.8, 4) is 0 Å². The molecule has 0 aliphatic carbocycles. The maximum absolute atomic E-state index is 10.7. The summed E-state index contributed by atoms with van der Waals surface area (Å²) in [6, 6.07) is 16.3. The van der Waals surface area contributed by atoms with Crippen LogP contribution in [-0.2, 0) is 0 Å². The summed E-state index contributed by atoms with van der Waals surface area (Å²) in [5.41, 5.74) is 6.24. The molecule has 3 rings (SSSR count). The predicted molar refractivity (Wildman–Crippen MR) is 80.0 cm³/mol. The number of benzene rings is 2. The number of non-ortho nitro benzene ring substituents is 1. The second-order valence-corrected chi connectivity index (χ2v) is 4.14. The average Bonchev–Trinajstić information content (AvgIpc) is 2.48. The normalized spacial score (nSPS) is 9.71. The van der Waals surface area contributed by atoms with E-state index in [9.17, 15) is 14.9 Å². The van der Waals surface area contributed by atoms with Gasteiger partial charge in [-0.25, -0.2) is 4.79 Å². The van der Waals surface area contributed by atoms with Crippen LogP contribution in [0.4, 0.5) is 11.4 Å². The minimum atomic E-state index is -0.459. The molecule has 0 atom stereocenters. The van der Waals surface area contributed by atoms with Crippen molar-refractivity contribution in [1.82, 2.24) is 0 Å². The van der Waals surface area contributed by atoms with E-state index in [0.29, 0.717) is 11.3 Å². The number of nitro benzene ring substituents is 1.